The highest BCUT2D eigenvalue weighted by Gasteiger charge is 2.23. The summed E-state index contributed by atoms with van der Waals surface area (Å²) in [6, 6.07) is 15.3. The molecule has 1 aliphatic carbocycles. The minimum Gasteiger partial charge on any atom is -0.497 e. The summed E-state index contributed by atoms with van der Waals surface area (Å²) in [5.41, 5.74) is 5.25. The van der Waals surface area contributed by atoms with E-state index in [1.54, 1.807) is 19.2 Å². The Morgan fingerprint density at radius 1 is 1.00 bits per heavy atom. The van der Waals surface area contributed by atoms with Crippen LogP contribution in [0.2, 0.25) is 0 Å². The number of carbonyl (C=O) groups is 2. The minimum absolute atomic E-state index is 0.195. The molecule has 3 aromatic rings. The van der Waals surface area contributed by atoms with E-state index < -0.39 is 5.97 Å². The number of hydrogen-bond donors (Lipinski definition) is 0. The smallest absolute Gasteiger partial charge is 0.348 e. The predicted molar refractivity (Wildman–Crippen MR) is 114 cm³/mol. The van der Waals surface area contributed by atoms with Crippen LogP contribution in [0.5, 0.6) is 5.75 Å². The first-order chi connectivity index (χ1) is 14.1. The number of hydrogen-bond acceptors (Lipinski definition) is 5. The third-order valence-corrected chi connectivity index (χ3v) is 6.44. The molecular formula is C24H22O4S. The van der Waals surface area contributed by atoms with Crippen LogP contribution < -0.4 is 4.74 Å². The van der Waals surface area contributed by atoms with Crippen LogP contribution in [0.4, 0.5) is 0 Å². The minimum atomic E-state index is -0.446. The van der Waals surface area contributed by atoms with Gasteiger partial charge < -0.3 is 9.47 Å². The standard InChI is InChI=1S/C24H22O4S/c1-3-15-4-6-16(7-5-15)21(25)14-28-24(26)22-13-18-9-8-17-12-19(27-2)10-11-20(17)23(18)29-22/h4-7,10-13H,3,8-9,14H2,1-2H3. The molecule has 4 rings (SSSR count). The van der Waals surface area contributed by atoms with E-state index in [-0.39, 0.29) is 12.4 Å². The van der Waals surface area contributed by atoms with Gasteiger partial charge in [0.1, 0.15) is 10.6 Å². The van der Waals surface area contributed by atoms with Gasteiger partial charge in [-0.1, -0.05) is 31.2 Å². The molecule has 2 aromatic carbocycles. The number of benzene rings is 2. The molecule has 4 nitrogen and oxygen atoms in total. The highest BCUT2D eigenvalue weighted by molar-refractivity contribution is 7.17. The molecule has 0 spiro atoms. The van der Waals surface area contributed by atoms with E-state index in [2.05, 4.69) is 13.0 Å². The Morgan fingerprint density at radius 2 is 1.76 bits per heavy atom. The molecule has 0 amide bonds. The summed E-state index contributed by atoms with van der Waals surface area (Å²) in [6.45, 7) is 1.81. The lowest BCUT2D eigenvalue weighted by molar-refractivity contribution is 0.0479. The van der Waals surface area contributed by atoms with E-state index in [1.807, 2.05) is 30.3 Å². The number of methoxy groups -OCH3 is 1. The molecule has 1 heterocycles. The number of thiophene rings is 1. The zero-order chi connectivity index (χ0) is 20.4. The van der Waals surface area contributed by atoms with Gasteiger partial charge in [-0.15, -0.1) is 11.3 Å². The van der Waals surface area contributed by atoms with Crippen molar-refractivity contribution in [1.29, 1.82) is 0 Å². The van der Waals surface area contributed by atoms with E-state index in [0.717, 1.165) is 41.0 Å². The van der Waals surface area contributed by atoms with Crippen molar-refractivity contribution in [2.24, 2.45) is 0 Å². The van der Waals surface area contributed by atoms with Gasteiger partial charge in [-0.3, -0.25) is 4.79 Å². The molecule has 0 aliphatic heterocycles. The molecule has 0 atom stereocenters. The lowest BCUT2D eigenvalue weighted by atomic mass is 9.91. The average Bonchev–Trinajstić information content (AvgIpc) is 3.21. The molecule has 0 fully saturated rings. The van der Waals surface area contributed by atoms with Gasteiger partial charge in [-0.05, 0) is 65.8 Å². The molecule has 0 radical (unpaired) electrons. The number of aryl methyl sites for hydroxylation is 3. The molecule has 0 unspecified atom stereocenters. The van der Waals surface area contributed by atoms with Crippen LogP contribution in [-0.4, -0.2) is 25.5 Å². The van der Waals surface area contributed by atoms with Crippen molar-refractivity contribution in [3.8, 4) is 16.2 Å². The highest BCUT2D eigenvalue weighted by Crippen LogP contribution is 2.41. The van der Waals surface area contributed by atoms with Crippen LogP contribution in [0, 0.1) is 0 Å². The summed E-state index contributed by atoms with van der Waals surface area (Å²) < 4.78 is 10.6. The van der Waals surface area contributed by atoms with Crippen LogP contribution >= 0.6 is 11.3 Å². The van der Waals surface area contributed by atoms with Crippen molar-refractivity contribution >= 4 is 23.1 Å². The Balaban J connectivity index is 1.46. The number of Topliss-reactive ketones (excluding diaryl/α,β-unsaturated/α-hetero) is 1. The predicted octanol–water partition coefficient (Wildman–Crippen LogP) is 5.12. The number of esters is 1. The van der Waals surface area contributed by atoms with Crippen LogP contribution in [0.15, 0.2) is 48.5 Å². The lowest BCUT2D eigenvalue weighted by Gasteiger charge is -2.16. The van der Waals surface area contributed by atoms with Crippen molar-refractivity contribution in [3.63, 3.8) is 0 Å². The Bertz CT molecular complexity index is 1060. The normalized spacial score (nSPS) is 12.1. The van der Waals surface area contributed by atoms with E-state index >= 15 is 0 Å². The second-order valence-corrected chi connectivity index (χ2v) is 8.09. The summed E-state index contributed by atoms with van der Waals surface area (Å²) >= 11 is 1.43. The topological polar surface area (TPSA) is 52.6 Å². The van der Waals surface area contributed by atoms with Crippen molar-refractivity contribution in [2.45, 2.75) is 26.2 Å². The monoisotopic (exact) mass is 406 g/mol. The number of ether oxygens (including phenoxy) is 2. The molecular weight excluding hydrogens is 384 g/mol. The molecule has 0 N–H and O–H groups in total. The summed E-state index contributed by atoms with van der Waals surface area (Å²) in [5, 5.41) is 0. The van der Waals surface area contributed by atoms with Gasteiger partial charge in [-0.2, -0.15) is 0 Å². The number of rotatable bonds is 6. The van der Waals surface area contributed by atoms with Gasteiger partial charge in [0.05, 0.1) is 7.11 Å². The summed E-state index contributed by atoms with van der Waals surface area (Å²) in [4.78, 5) is 26.5. The van der Waals surface area contributed by atoms with Crippen LogP contribution in [0.3, 0.4) is 0 Å². The molecule has 0 bridgehead atoms. The maximum absolute atomic E-state index is 12.5. The van der Waals surface area contributed by atoms with Gasteiger partial charge in [0.25, 0.3) is 0 Å². The largest absolute Gasteiger partial charge is 0.497 e. The molecule has 1 aromatic heterocycles. The third-order valence-electron chi connectivity index (χ3n) is 5.25. The first-order valence-electron chi connectivity index (χ1n) is 9.68. The van der Waals surface area contributed by atoms with Gasteiger partial charge in [0, 0.05) is 10.4 Å². The van der Waals surface area contributed by atoms with Crippen molar-refractivity contribution in [2.75, 3.05) is 13.7 Å². The fourth-order valence-electron chi connectivity index (χ4n) is 3.55. The number of ketones is 1. The fraction of sp³-hybridized carbons (Fsp3) is 0.250. The summed E-state index contributed by atoms with van der Waals surface area (Å²) in [5.74, 6) is 0.201. The van der Waals surface area contributed by atoms with Gasteiger partial charge in [0.2, 0.25) is 0 Å². The highest BCUT2D eigenvalue weighted by atomic mass is 32.1. The summed E-state index contributed by atoms with van der Waals surface area (Å²) in [7, 11) is 1.66. The SMILES string of the molecule is CCc1ccc(C(=O)COC(=O)c2cc3c(s2)-c2ccc(OC)cc2CC3)cc1. The Labute approximate surface area is 174 Å². The zero-order valence-electron chi connectivity index (χ0n) is 16.5. The molecule has 29 heavy (non-hydrogen) atoms. The first-order valence-corrected chi connectivity index (χ1v) is 10.5. The lowest BCUT2D eigenvalue weighted by Crippen LogP contribution is -2.13. The Kier molecular flexibility index (Phi) is 5.49. The quantitative estimate of drug-likeness (QED) is 0.421. The van der Waals surface area contributed by atoms with E-state index in [9.17, 15) is 9.59 Å². The van der Waals surface area contributed by atoms with Crippen molar-refractivity contribution < 1.29 is 19.1 Å². The van der Waals surface area contributed by atoms with Crippen LogP contribution in [0.1, 0.15) is 43.6 Å². The van der Waals surface area contributed by atoms with Gasteiger partial charge in [0.15, 0.2) is 12.4 Å². The Hall–Kier alpha value is -2.92. The second-order valence-electron chi connectivity index (χ2n) is 7.04. The molecule has 5 heteroatoms. The van der Waals surface area contributed by atoms with E-state index in [1.165, 1.54) is 22.5 Å². The first kappa shape index (κ1) is 19.4. The maximum Gasteiger partial charge on any atom is 0.348 e. The van der Waals surface area contributed by atoms with Crippen molar-refractivity contribution in [1.82, 2.24) is 0 Å². The number of carbonyl (C=O) groups excluding carboxylic acids is 2. The maximum atomic E-state index is 12.5. The second kappa shape index (κ2) is 8.21. The molecule has 0 saturated carbocycles. The average molecular weight is 407 g/mol. The molecule has 0 saturated heterocycles. The molecule has 1 aliphatic rings. The fourth-order valence-corrected chi connectivity index (χ4v) is 4.71. The summed E-state index contributed by atoms with van der Waals surface area (Å²) in [6.07, 6.45) is 2.71. The van der Waals surface area contributed by atoms with Gasteiger partial charge >= 0.3 is 5.97 Å². The molecule has 148 valence electrons. The Morgan fingerprint density at radius 3 is 2.48 bits per heavy atom. The van der Waals surface area contributed by atoms with Crippen LogP contribution in [-0.2, 0) is 24.0 Å². The third kappa shape index (κ3) is 3.96. The van der Waals surface area contributed by atoms with Gasteiger partial charge in [-0.25, -0.2) is 4.79 Å². The number of fused-ring (bicyclic) bond motifs is 3. The van der Waals surface area contributed by atoms with E-state index in [0.29, 0.717) is 10.4 Å². The zero-order valence-corrected chi connectivity index (χ0v) is 17.3. The van der Waals surface area contributed by atoms with Crippen molar-refractivity contribution in [3.05, 3.63) is 75.7 Å². The van der Waals surface area contributed by atoms with Crippen LogP contribution in [0.25, 0.3) is 10.4 Å². The van der Waals surface area contributed by atoms with E-state index in [4.69, 9.17) is 9.47 Å².